The topological polar surface area (TPSA) is 86.8 Å². The fraction of sp³-hybridized carbons (Fsp3) is 0.538. The van der Waals surface area contributed by atoms with Crippen molar-refractivity contribution in [2.75, 3.05) is 19.7 Å². The second kappa shape index (κ2) is 5.99. The highest BCUT2D eigenvalue weighted by molar-refractivity contribution is 5.47. The average molecular weight is 266 g/mol. The van der Waals surface area contributed by atoms with E-state index in [4.69, 9.17) is 0 Å². The Kier molecular flexibility index (Phi) is 4.34. The third-order valence-corrected chi connectivity index (χ3v) is 3.50. The van der Waals surface area contributed by atoms with Gasteiger partial charge in [-0.05, 0) is 36.9 Å². The predicted molar refractivity (Wildman–Crippen MR) is 69.8 cm³/mol. The molecule has 2 rings (SSSR count). The maximum Gasteiger partial charge on any atom is 0.311 e. The normalized spacial score (nSPS) is 20.4. The zero-order chi connectivity index (χ0) is 13.8. The fourth-order valence-corrected chi connectivity index (χ4v) is 2.52. The lowest BCUT2D eigenvalue weighted by atomic mass is 9.98. The summed E-state index contributed by atoms with van der Waals surface area (Å²) in [5.74, 6) is -0.0125. The molecule has 0 saturated carbocycles. The van der Waals surface area contributed by atoms with Gasteiger partial charge >= 0.3 is 5.69 Å². The Balaban J connectivity index is 2.06. The number of phenols is 1. The minimum atomic E-state index is -0.578. The number of hydrogen-bond acceptors (Lipinski definition) is 5. The summed E-state index contributed by atoms with van der Waals surface area (Å²) in [5.41, 5.74) is 0.552. The van der Waals surface area contributed by atoms with Crippen LogP contribution in [-0.2, 0) is 6.54 Å². The zero-order valence-electron chi connectivity index (χ0n) is 10.7. The molecule has 0 unspecified atom stereocenters. The van der Waals surface area contributed by atoms with Crippen molar-refractivity contribution in [2.24, 2.45) is 5.92 Å². The third-order valence-electron chi connectivity index (χ3n) is 3.50. The lowest BCUT2D eigenvalue weighted by molar-refractivity contribution is -0.385. The van der Waals surface area contributed by atoms with Crippen molar-refractivity contribution in [3.8, 4) is 5.75 Å². The first kappa shape index (κ1) is 13.8. The Labute approximate surface area is 111 Å². The molecule has 1 saturated heterocycles. The van der Waals surface area contributed by atoms with Crippen molar-refractivity contribution in [3.63, 3.8) is 0 Å². The molecule has 0 spiro atoms. The van der Waals surface area contributed by atoms with Crippen molar-refractivity contribution < 1.29 is 15.1 Å². The summed E-state index contributed by atoms with van der Waals surface area (Å²) in [6.45, 7) is 2.54. The van der Waals surface area contributed by atoms with Gasteiger partial charge in [0.2, 0.25) is 0 Å². The van der Waals surface area contributed by atoms with E-state index in [-0.39, 0.29) is 18.0 Å². The molecule has 0 bridgehead atoms. The number of nitro groups is 1. The molecular formula is C13H18N2O4. The minimum Gasteiger partial charge on any atom is -0.502 e. The van der Waals surface area contributed by atoms with Gasteiger partial charge in [-0.15, -0.1) is 0 Å². The molecular weight excluding hydrogens is 248 g/mol. The molecule has 1 aromatic rings. The highest BCUT2D eigenvalue weighted by Gasteiger charge is 2.20. The van der Waals surface area contributed by atoms with E-state index in [0.29, 0.717) is 12.5 Å². The molecule has 1 fully saturated rings. The number of nitrogens with zero attached hydrogens (tertiary/aromatic N) is 2. The maximum atomic E-state index is 10.8. The van der Waals surface area contributed by atoms with Crippen LogP contribution in [0.2, 0.25) is 0 Å². The SMILES string of the molecule is O=[N+]([O-])c1cc(CN2CCC[C@H](CO)C2)ccc1O. The number of aliphatic hydroxyl groups excluding tert-OH is 1. The summed E-state index contributed by atoms with van der Waals surface area (Å²) in [6.07, 6.45) is 2.06. The van der Waals surface area contributed by atoms with Crippen LogP contribution in [0.25, 0.3) is 0 Å². The van der Waals surface area contributed by atoms with Crippen molar-refractivity contribution in [1.29, 1.82) is 0 Å². The molecule has 6 nitrogen and oxygen atoms in total. The number of aliphatic hydroxyl groups is 1. The molecule has 6 heteroatoms. The lowest BCUT2D eigenvalue weighted by Crippen LogP contribution is -2.36. The maximum absolute atomic E-state index is 10.8. The highest BCUT2D eigenvalue weighted by atomic mass is 16.6. The summed E-state index contributed by atoms with van der Waals surface area (Å²) in [5, 5.41) is 29.3. The second-order valence-corrected chi connectivity index (χ2v) is 5.01. The van der Waals surface area contributed by atoms with Crippen LogP contribution < -0.4 is 0 Å². The van der Waals surface area contributed by atoms with E-state index in [9.17, 15) is 20.3 Å². The number of phenolic OH excluding ortho intramolecular Hbond substituents is 1. The quantitative estimate of drug-likeness (QED) is 0.637. The van der Waals surface area contributed by atoms with Crippen molar-refractivity contribution in [1.82, 2.24) is 4.90 Å². The molecule has 19 heavy (non-hydrogen) atoms. The van der Waals surface area contributed by atoms with Gasteiger partial charge in [0.15, 0.2) is 5.75 Å². The second-order valence-electron chi connectivity index (χ2n) is 5.01. The van der Waals surface area contributed by atoms with Gasteiger partial charge in [0.1, 0.15) is 0 Å². The average Bonchev–Trinajstić information content (AvgIpc) is 2.41. The van der Waals surface area contributed by atoms with E-state index >= 15 is 0 Å². The van der Waals surface area contributed by atoms with Crippen LogP contribution in [0.5, 0.6) is 5.75 Å². The van der Waals surface area contributed by atoms with E-state index in [2.05, 4.69) is 4.90 Å². The number of likely N-dealkylation sites (tertiary alicyclic amines) is 1. The number of rotatable bonds is 4. The van der Waals surface area contributed by atoms with Crippen LogP contribution in [0.4, 0.5) is 5.69 Å². The molecule has 1 aromatic carbocycles. The number of hydrogen-bond donors (Lipinski definition) is 2. The van der Waals surface area contributed by atoms with Crippen LogP contribution in [0.15, 0.2) is 18.2 Å². The number of nitro benzene ring substituents is 1. The standard InChI is InChI=1S/C13H18N2O4/c16-9-11-2-1-5-14(8-11)7-10-3-4-13(17)12(6-10)15(18)19/h3-4,6,11,16-17H,1-2,5,7-9H2/t11-/m0/s1. The molecule has 0 amide bonds. The first-order chi connectivity index (χ1) is 9.10. The van der Waals surface area contributed by atoms with Gasteiger partial charge in [-0.3, -0.25) is 15.0 Å². The smallest absolute Gasteiger partial charge is 0.311 e. The summed E-state index contributed by atoms with van der Waals surface area (Å²) in [7, 11) is 0. The molecule has 1 heterocycles. The Bertz CT molecular complexity index is 464. The van der Waals surface area contributed by atoms with Gasteiger partial charge in [0, 0.05) is 25.8 Å². The van der Waals surface area contributed by atoms with Crippen LogP contribution in [0.3, 0.4) is 0 Å². The molecule has 1 aliphatic heterocycles. The van der Waals surface area contributed by atoms with Crippen LogP contribution in [-0.4, -0.2) is 39.7 Å². The zero-order valence-corrected chi connectivity index (χ0v) is 10.7. The molecule has 104 valence electrons. The van der Waals surface area contributed by atoms with Crippen LogP contribution in [0.1, 0.15) is 18.4 Å². The lowest BCUT2D eigenvalue weighted by Gasteiger charge is -2.31. The van der Waals surface area contributed by atoms with Gasteiger partial charge < -0.3 is 10.2 Å². The van der Waals surface area contributed by atoms with E-state index in [1.54, 1.807) is 6.07 Å². The predicted octanol–water partition coefficient (Wildman–Crippen LogP) is 1.50. The number of benzene rings is 1. The summed E-state index contributed by atoms with van der Waals surface area (Å²) in [6, 6.07) is 4.48. The number of aromatic hydroxyl groups is 1. The summed E-state index contributed by atoms with van der Waals surface area (Å²) < 4.78 is 0. The van der Waals surface area contributed by atoms with E-state index in [0.717, 1.165) is 31.5 Å². The fourth-order valence-electron chi connectivity index (χ4n) is 2.52. The Morgan fingerprint density at radius 3 is 2.95 bits per heavy atom. The molecule has 0 radical (unpaired) electrons. The summed E-state index contributed by atoms with van der Waals surface area (Å²) in [4.78, 5) is 12.4. The first-order valence-electron chi connectivity index (χ1n) is 6.39. The molecule has 0 aromatic heterocycles. The monoisotopic (exact) mass is 266 g/mol. The van der Waals surface area contributed by atoms with E-state index in [1.807, 2.05) is 0 Å². The Hall–Kier alpha value is -1.66. The van der Waals surface area contributed by atoms with Gasteiger partial charge in [-0.1, -0.05) is 6.07 Å². The van der Waals surface area contributed by atoms with Gasteiger partial charge in [0.25, 0.3) is 0 Å². The van der Waals surface area contributed by atoms with Crippen LogP contribution >= 0.6 is 0 Å². The van der Waals surface area contributed by atoms with E-state index in [1.165, 1.54) is 12.1 Å². The molecule has 1 aliphatic rings. The first-order valence-corrected chi connectivity index (χ1v) is 6.39. The minimum absolute atomic E-state index is 0.187. The third kappa shape index (κ3) is 3.42. The van der Waals surface area contributed by atoms with Crippen molar-refractivity contribution >= 4 is 5.69 Å². The van der Waals surface area contributed by atoms with Gasteiger partial charge in [-0.2, -0.15) is 0 Å². The van der Waals surface area contributed by atoms with Crippen LogP contribution in [0, 0.1) is 16.0 Å². The van der Waals surface area contributed by atoms with Gasteiger partial charge in [-0.25, -0.2) is 0 Å². The Morgan fingerprint density at radius 1 is 1.47 bits per heavy atom. The van der Waals surface area contributed by atoms with Crippen molar-refractivity contribution in [3.05, 3.63) is 33.9 Å². The summed E-state index contributed by atoms with van der Waals surface area (Å²) >= 11 is 0. The Morgan fingerprint density at radius 2 is 2.26 bits per heavy atom. The van der Waals surface area contributed by atoms with Crippen molar-refractivity contribution in [2.45, 2.75) is 19.4 Å². The molecule has 2 N–H and O–H groups in total. The largest absolute Gasteiger partial charge is 0.502 e. The van der Waals surface area contributed by atoms with E-state index < -0.39 is 4.92 Å². The molecule has 1 atom stereocenters. The molecule has 0 aliphatic carbocycles. The highest BCUT2D eigenvalue weighted by Crippen LogP contribution is 2.27. The number of piperidine rings is 1. The van der Waals surface area contributed by atoms with Gasteiger partial charge in [0.05, 0.1) is 4.92 Å².